The zero-order valence-electron chi connectivity index (χ0n) is 18.0. The van der Waals surface area contributed by atoms with Crippen LogP contribution in [0.5, 0.6) is 23.0 Å². The van der Waals surface area contributed by atoms with Gasteiger partial charge in [-0.2, -0.15) is 0 Å². The smallest absolute Gasteiger partial charge is 0.302 e. The number of ether oxygens (including phenoxy) is 6. The summed E-state index contributed by atoms with van der Waals surface area (Å²) in [4.78, 5) is 23.1. The Hall–Kier alpha value is -3.42. The zero-order chi connectivity index (χ0) is 22.2. The molecule has 2 atom stereocenters. The molecule has 0 radical (unpaired) electrons. The van der Waals surface area contributed by atoms with Crippen LogP contribution in [0.4, 0.5) is 0 Å². The Bertz CT molecular complexity index is 991. The summed E-state index contributed by atoms with van der Waals surface area (Å²) >= 11 is 0. The molecule has 2 aromatic rings. The largest absolute Gasteiger partial charge is 0.466 e. The molecule has 0 amide bonds. The summed E-state index contributed by atoms with van der Waals surface area (Å²) in [6.45, 7) is 3.61. The highest BCUT2D eigenvalue weighted by Gasteiger charge is 2.32. The normalized spacial score (nSPS) is 19.9. The van der Waals surface area contributed by atoms with E-state index in [9.17, 15) is 9.59 Å². The molecule has 2 aromatic carbocycles. The van der Waals surface area contributed by atoms with Crippen molar-refractivity contribution < 1.29 is 38.0 Å². The Morgan fingerprint density at radius 2 is 1.09 bits per heavy atom. The maximum Gasteiger partial charge on any atom is 0.302 e. The van der Waals surface area contributed by atoms with Crippen LogP contribution in [0.3, 0.4) is 0 Å². The lowest BCUT2D eigenvalue weighted by Gasteiger charge is -2.31. The number of hydrogen-bond acceptors (Lipinski definition) is 8. The average Bonchev–Trinajstić information content (AvgIpc) is 3.39. The van der Waals surface area contributed by atoms with Crippen molar-refractivity contribution in [2.24, 2.45) is 11.8 Å². The second kappa shape index (κ2) is 8.26. The molecule has 0 saturated heterocycles. The molecule has 3 aliphatic rings. The summed E-state index contributed by atoms with van der Waals surface area (Å²) in [6, 6.07) is 7.96. The van der Waals surface area contributed by atoms with Crippen molar-refractivity contribution in [1.82, 2.24) is 0 Å². The average molecular weight is 440 g/mol. The highest BCUT2D eigenvalue weighted by Crippen LogP contribution is 2.46. The van der Waals surface area contributed by atoms with Gasteiger partial charge in [-0.1, -0.05) is 0 Å². The van der Waals surface area contributed by atoms with Gasteiger partial charge in [0.05, 0.1) is 13.2 Å². The molecule has 5 rings (SSSR count). The Morgan fingerprint density at radius 3 is 1.47 bits per heavy atom. The quantitative estimate of drug-likeness (QED) is 0.670. The van der Waals surface area contributed by atoms with Crippen LogP contribution in [0.1, 0.15) is 25.0 Å². The molecule has 8 heteroatoms. The summed E-state index contributed by atoms with van der Waals surface area (Å²) < 4.78 is 33.3. The van der Waals surface area contributed by atoms with Crippen molar-refractivity contribution >= 4 is 11.9 Å². The molecule has 32 heavy (non-hydrogen) atoms. The van der Waals surface area contributed by atoms with Gasteiger partial charge in [-0.05, 0) is 59.4 Å². The van der Waals surface area contributed by atoms with E-state index in [1.54, 1.807) is 0 Å². The summed E-state index contributed by atoms with van der Waals surface area (Å²) in [7, 11) is 0. The van der Waals surface area contributed by atoms with E-state index in [2.05, 4.69) is 0 Å². The number of esters is 2. The van der Waals surface area contributed by atoms with Crippen LogP contribution in [0.25, 0.3) is 11.1 Å². The number of benzene rings is 2. The van der Waals surface area contributed by atoms with Gasteiger partial charge in [0.2, 0.25) is 13.6 Å². The molecular formula is C24H24O8. The minimum atomic E-state index is -0.340. The van der Waals surface area contributed by atoms with Crippen LogP contribution in [0.2, 0.25) is 0 Å². The molecular weight excluding hydrogens is 416 g/mol. The van der Waals surface area contributed by atoms with Crippen LogP contribution < -0.4 is 18.9 Å². The topological polar surface area (TPSA) is 89.5 Å². The Kier molecular flexibility index (Phi) is 5.28. The number of carbonyl (C=O) groups excluding carboxylic acids is 2. The SMILES string of the molecule is CC(=O)OC[C@@H]1Cc2cc3c(cc2-c2cc4c(cc2C[C@H]1COC(C)=O)OCO4)OCO3. The predicted octanol–water partition coefficient (Wildman–Crippen LogP) is 3.27. The first-order chi connectivity index (χ1) is 15.5. The van der Waals surface area contributed by atoms with Crippen LogP contribution in [0.15, 0.2) is 24.3 Å². The Balaban J connectivity index is 1.62. The molecule has 0 fully saturated rings. The fraction of sp³-hybridized carbons (Fsp3) is 0.417. The minimum Gasteiger partial charge on any atom is -0.466 e. The van der Waals surface area contributed by atoms with Gasteiger partial charge in [0.15, 0.2) is 23.0 Å². The van der Waals surface area contributed by atoms with Crippen LogP contribution in [0, 0.1) is 11.8 Å². The van der Waals surface area contributed by atoms with Crippen molar-refractivity contribution in [2.75, 3.05) is 26.8 Å². The maximum atomic E-state index is 11.6. The highest BCUT2D eigenvalue weighted by molar-refractivity contribution is 5.77. The third-order valence-corrected chi connectivity index (χ3v) is 6.12. The van der Waals surface area contributed by atoms with E-state index in [-0.39, 0.29) is 50.6 Å². The van der Waals surface area contributed by atoms with E-state index < -0.39 is 0 Å². The first-order valence-electron chi connectivity index (χ1n) is 10.6. The molecule has 0 spiro atoms. The van der Waals surface area contributed by atoms with Gasteiger partial charge in [0.1, 0.15) is 0 Å². The first kappa shape index (κ1) is 20.5. The molecule has 2 heterocycles. The van der Waals surface area contributed by atoms with E-state index >= 15 is 0 Å². The number of rotatable bonds is 4. The van der Waals surface area contributed by atoms with Gasteiger partial charge < -0.3 is 28.4 Å². The number of fused-ring (bicyclic) bond motifs is 5. The van der Waals surface area contributed by atoms with Gasteiger partial charge in [-0.25, -0.2) is 0 Å². The second-order valence-electron chi connectivity index (χ2n) is 8.26. The summed E-state index contributed by atoms with van der Waals surface area (Å²) in [6.07, 6.45) is 1.25. The van der Waals surface area contributed by atoms with Crippen molar-refractivity contribution in [3.63, 3.8) is 0 Å². The summed E-state index contributed by atoms with van der Waals surface area (Å²) in [5.41, 5.74) is 4.11. The van der Waals surface area contributed by atoms with Gasteiger partial charge in [-0.3, -0.25) is 9.59 Å². The Morgan fingerprint density at radius 1 is 0.719 bits per heavy atom. The first-order valence-corrected chi connectivity index (χ1v) is 10.6. The molecule has 1 aliphatic carbocycles. The van der Waals surface area contributed by atoms with Crippen molar-refractivity contribution in [3.8, 4) is 34.1 Å². The number of hydrogen-bond donors (Lipinski definition) is 0. The third kappa shape index (κ3) is 3.92. The van der Waals surface area contributed by atoms with E-state index in [0.29, 0.717) is 35.8 Å². The molecule has 0 N–H and O–H groups in total. The monoisotopic (exact) mass is 440 g/mol. The van der Waals surface area contributed by atoms with Crippen molar-refractivity contribution in [2.45, 2.75) is 26.7 Å². The molecule has 168 valence electrons. The standard InChI is InChI=1S/C24H24O8/c1-13(25)27-9-17-3-15-5-21-23(31-11-29-21)7-19(15)20-8-24-22(30-12-32-24)6-16(20)4-18(17)10-28-14(2)26/h5-8,17-18H,3-4,9-12H2,1-2H3/t17-,18-/m0/s1. The van der Waals surface area contributed by atoms with Crippen molar-refractivity contribution in [1.29, 1.82) is 0 Å². The lowest BCUT2D eigenvalue weighted by Crippen LogP contribution is -2.31. The lowest BCUT2D eigenvalue weighted by molar-refractivity contribution is -0.147. The van der Waals surface area contributed by atoms with Gasteiger partial charge in [0, 0.05) is 25.7 Å². The molecule has 0 saturated carbocycles. The predicted molar refractivity (Wildman–Crippen MR) is 112 cm³/mol. The molecule has 2 aliphatic heterocycles. The van der Waals surface area contributed by atoms with Crippen LogP contribution in [-0.4, -0.2) is 38.7 Å². The van der Waals surface area contributed by atoms with Crippen molar-refractivity contribution in [3.05, 3.63) is 35.4 Å². The van der Waals surface area contributed by atoms with Crippen LogP contribution in [-0.2, 0) is 31.9 Å². The maximum absolute atomic E-state index is 11.6. The molecule has 0 unspecified atom stereocenters. The van der Waals surface area contributed by atoms with Gasteiger partial charge >= 0.3 is 11.9 Å². The van der Waals surface area contributed by atoms with E-state index in [1.165, 1.54) is 13.8 Å². The number of carbonyl (C=O) groups is 2. The fourth-order valence-electron chi connectivity index (χ4n) is 4.54. The molecule has 0 bridgehead atoms. The van der Waals surface area contributed by atoms with Crippen LogP contribution >= 0.6 is 0 Å². The Labute approximate surface area is 185 Å². The highest BCUT2D eigenvalue weighted by atomic mass is 16.7. The summed E-state index contributed by atoms with van der Waals surface area (Å²) in [5, 5.41) is 0. The van der Waals surface area contributed by atoms with E-state index in [0.717, 1.165) is 22.3 Å². The zero-order valence-corrected chi connectivity index (χ0v) is 18.0. The fourth-order valence-corrected chi connectivity index (χ4v) is 4.54. The second-order valence-corrected chi connectivity index (χ2v) is 8.26. The van der Waals surface area contributed by atoms with Gasteiger partial charge in [-0.15, -0.1) is 0 Å². The minimum absolute atomic E-state index is 0.0593. The van der Waals surface area contributed by atoms with E-state index in [4.69, 9.17) is 28.4 Å². The van der Waals surface area contributed by atoms with E-state index in [1.807, 2.05) is 24.3 Å². The molecule has 0 aromatic heterocycles. The third-order valence-electron chi connectivity index (χ3n) is 6.12. The lowest BCUT2D eigenvalue weighted by atomic mass is 9.77. The van der Waals surface area contributed by atoms with Gasteiger partial charge in [0.25, 0.3) is 0 Å². The summed E-state index contributed by atoms with van der Waals surface area (Å²) in [5.74, 6) is 1.97. The molecule has 8 nitrogen and oxygen atoms in total.